The largest absolute Gasteiger partial charge is 0.464 e. The number of aromatic amines is 1. The van der Waals surface area contributed by atoms with E-state index in [1.807, 2.05) is 23.6 Å². The zero-order valence-electron chi connectivity index (χ0n) is 10.0. The Morgan fingerprint density at radius 1 is 1.42 bits per heavy atom. The van der Waals surface area contributed by atoms with Crippen LogP contribution in [0.2, 0.25) is 0 Å². The molecule has 0 saturated heterocycles. The van der Waals surface area contributed by atoms with E-state index in [4.69, 9.17) is 16.6 Å². The van der Waals surface area contributed by atoms with E-state index < -0.39 is 0 Å². The number of imidazole rings is 1. The average Bonchev–Trinajstić information content (AvgIpc) is 2.87. The van der Waals surface area contributed by atoms with E-state index in [2.05, 4.69) is 20.9 Å². The molecule has 0 aliphatic carbocycles. The SMILES string of the molecule is Cc1ccc(Cn2c(=S)[nH]c3cc(Br)c(F)cc32)o1. The van der Waals surface area contributed by atoms with Gasteiger partial charge in [0.1, 0.15) is 17.3 Å². The Hall–Kier alpha value is -1.40. The van der Waals surface area contributed by atoms with Gasteiger partial charge in [0.05, 0.1) is 22.1 Å². The second-order valence-electron chi connectivity index (χ2n) is 4.31. The lowest BCUT2D eigenvalue weighted by molar-refractivity contribution is 0.471. The summed E-state index contributed by atoms with van der Waals surface area (Å²) in [5.41, 5.74) is 1.52. The molecule has 3 rings (SSSR count). The maximum atomic E-state index is 13.6. The van der Waals surface area contributed by atoms with Crippen molar-refractivity contribution >= 4 is 39.2 Å². The zero-order chi connectivity index (χ0) is 13.6. The first-order chi connectivity index (χ1) is 9.04. The number of halogens is 2. The summed E-state index contributed by atoms with van der Waals surface area (Å²) in [5, 5.41) is 0. The number of hydrogen-bond acceptors (Lipinski definition) is 2. The van der Waals surface area contributed by atoms with Crippen LogP contribution in [0.5, 0.6) is 0 Å². The van der Waals surface area contributed by atoms with Gasteiger partial charge in [0, 0.05) is 6.07 Å². The fourth-order valence-electron chi connectivity index (χ4n) is 2.03. The summed E-state index contributed by atoms with van der Waals surface area (Å²) in [6.07, 6.45) is 0. The number of nitrogens with one attached hydrogen (secondary N) is 1. The second-order valence-corrected chi connectivity index (χ2v) is 5.55. The molecule has 1 aromatic carbocycles. The number of benzene rings is 1. The van der Waals surface area contributed by atoms with Gasteiger partial charge < -0.3 is 14.0 Å². The van der Waals surface area contributed by atoms with E-state index in [0.29, 0.717) is 15.8 Å². The number of aryl methyl sites for hydroxylation is 1. The molecule has 0 radical (unpaired) electrons. The highest BCUT2D eigenvalue weighted by atomic mass is 79.9. The van der Waals surface area contributed by atoms with Crippen LogP contribution >= 0.6 is 28.1 Å². The van der Waals surface area contributed by atoms with Crippen LogP contribution in [0.15, 0.2) is 33.2 Å². The molecule has 0 saturated carbocycles. The normalized spacial score (nSPS) is 11.3. The number of rotatable bonds is 2. The van der Waals surface area contributed by atoms with Crippen molar-refractivity contribution in [2.75, 3.05) is 0 Å². The molecule has 1 N–H and O–H groups in total. The molecule has 19 heavy (non-hydrogen) atoms. The number of hydrogen-bond donors (Lipinski definition) is 1. The van der Waals surface area contributed by atoms with Crippen LogP contribution in [0.1, 0.15) is 11.5 Å². The lowest BCUT2D eigenvalue weighted by Gasteiger charge is -2.02. The molecule has 0 amide bonds. The van der Waals surface area contributed by atoms with Gasteiger partial charge in [-0.05, 0) is 53.3 Å². The standard InChI is InChI=1S/C13H10BrFN2OS/c1-7-2-3-8(18-7)6-17-12-5-10(15)9(14)4-11(12)16-13(17)19/h2-5H,6H2,1H3,(H,16,19). The fourth-order valence-corrected chi connectivity index (χ4v) is 2.65. The Balaban J connectivity index is 2.15. The molecule has 2 heterocycles. The van der Waals surface area contributed by atoms with Crippen LogP contribution < -0.4 is 0 Å². The second kappa shape index (κ2) is 4.61. The molecule has 0 spiro atoms. The fraction of sp³-hybridized carbons (Fsp3) is 0.154. The smallest absolute Gasteiger partial charge is 0.178 e. The summed E-state index contributed by atoms with van der Waals surface area (Å²) in [6, 6.07) is 6.93. The Morgan fingerprint density at radius 3 is 2.89 bits per heavy atom. The van der Waals surface area contributed by atoms with Crippen molar-refractivity contribution < 1.29 is 8.81 Å². The molecular formula is C13H10BrFN2OS. The molecule has 0 atom stereocenters. The van der Waals surface area contributed by atoms with Crippen molar-refractivity contribution in [3.05, 3.63) is 50.8 Å². The van der Waals surface area contributed by atoms with Crippen molar-refractivity contribution in [2.24, 2.45) is 0 Å². The van der Waals surface area contributed by atoms with Crippen molar-refractivity contribution in [3.8, 4) is 0 Å². The quantitative estimate of drug-likeness (QED) is 0.694. The van der Waals surface area contributed by atoms with Gasteiger partial charge in [0.15, 0.2) is 4.77 Å². The Bertz CT molecular complexity index is 818. The minimum atomic E-state index is -0.314. The number of fused-ring (bicyclic) bond motifs is 1. The monoisotopic (exact) mass is 340 g/mol. The lowest BCUT2D eigenvalue weighted by atomic mass is 10.3. The molecular weight excluding hydrogens is 331 g/mol. The first kappa shape index (κ1) is 12.6. The van der Waals surface area contributed by atoms with E-state index in [1.54, 1.807) is 6.07 Å². The molecule has 98 valence electrons. The van der Waals surface area contributed by atoms with Crippen LogP contribution in [-0.2, 0) is 6.54 Å². The Kier molecular flexibility index (Phi) is 3.06. The summed E-state index contributed by atoms with van der Waals surface area (Å²) in [6.45, 7) is 2.36. The Morgan fingerprint density at radius 2 is 2.21 bits per heavy atom. The summed E-state index contributed by atoms with van der Waals surface area (Å²) < 4.78 is 22.0. The summed E-state index contributed by atoms with van der Waals surface area (Å²) in [5.74, 6) is 1.32. The maximum absolute atomic E-state index is 13.6. The third-order valence-corrected chi connectivity index (χ3v) is 3.86. The van der Waals surface area contributed by atoms with Gasteiger partial charge in [0.2, 0.25) is 0 Å². The molecule has 3 aromatic rings. The van der Waals surface area contributed by atoms with E-state index in [-0.39, 0.29) is 5.82 Å². The summed E-state index contributed by atoms with van der Waals surface area (Å²) in [4.78, 5) is 3.06. The van der Waals surface area contributed by atoms with E-state index in [9.17, 15) is 4.39 Å². The maximum Gasteiger partial charge on any atom is 0.178 e. The number of furan rings is 1. The lowest BCUT2D eigenvalue weighted by Crippen LogP contribution is -1.98. The molecule has 0 fully saturated rings. The minimum Gasteiger partial charge on any atom is -0.464 e. The van der Waals surface area contributed by atoms with Gasteiger partial charge in [-0.3, -0.25) is 0 Å². The highest BCUT2D eigenvalue weighted by Crippen LogP contribution is 2.24. The van der Waals surface area contributed by atoms with Gasteiger partial charge >= 0.3 is 0 Å². The van der Waals surface area contributed by atoms with Crippen LogP contribution in [-0.4, -0.2) is 9.55 Å². The van der Waals surface area contributed by atoms with E-state index in [0.717, 1.165) is 22.6 Å². The number of H-pyrrole nitrogens is 1. The molecule has 3 nitrogen and oxygen atoms in total. The predicted molar refractivity (Wildman–Crippen MR) is 77.3 cm³/mol. The third-order valence-electron chi connectivity index (χ3n) is 2.93. The van der Waals surface area contributed by atoms with Gasteiger partial charge in [-0.2, -0.15) is 0 Å². The number of aromatic nitrogens is 2. The zero-order valence-corrected chi connectivity index (χ0v) is 12.4. The highest BCUT2D eigenvalue weighted by molar-refractivity contribution is 9.10. The topological polar surface area (TPSA) is 33.9 Å². The molecule has 0 unspecified atom stereocenters. The molecule has 2 aromatic heterocycles. The molecule has 0 aliphatic rings. The predicted octanol–water partition coefficient (Wildman–Crippen LogP) is 4.55. The van der Waals surface area contributed by atoms with Gasteiger partial charge in [-0.1, -0.05) is 0 Å². The first-order valence-corrected chi connectivity index (χ1v) is 6.87. The average molecular weight is 341 g/mol. The highest BCUT2D eigenvalue weighted by Gasteiger charge is 2.10. The molecule has 0 aliphatic heterocycles. The van der Waals surface area contributed by atoms with Gasteiger partial charge in [0.25, 0.3) is 0 Å². The van der Waals surface area contributed by atoms with Gasteiger partial charge in [-0.25, -0.2) is 4.39 Å². The molecule has 6 heteroatoms. The van der Waals surface area contributed by atoms with E-state index in [1.165, 1.54) is 6.07 Å². The first-order valence-electron chi connectivity index (χ1n) is 5.67. The van der Waals surface area contributed by atoms with Crippen LogP contribution in [0.3, 0.4) is 0 Å². The number of nitrogens with zero attached hydrogens (tertiary/aromatic N) is 1. The van der Waals surface area contributed by atoms with Crippen LogP contribution in [0, 0.1) is 17.5 Å². The van der Waals surface area contributed by atoms with Crippen LogP contribution in [0.4, 0.5) is 4.39 Å². The molecule has 0 bridgehead atoms. The van der Waals surface area contributed by atoms with Gasteiger partial charge in [-0.15, -0.1) is 0 Å². The van der Waals surface area contributed by atoms with E-state index >= 15 is 0 Å². The minimum absolute atomic E-state index is 0.314. The summed E-state index contributed by atoms with van der Waals surface area (Å²) >= 11 is 8.44. The van der Waals surface area contributed by atoms with Crippen molar-refractivity contribution in [1.29, 1.82) is 0 Å². The van der Waals surface area contributed by atoms with Crippen molar-refractivity contribution in [1.82, 2.24) is 9.55 Å². The third kappa shape index (κ3) is 2.26. The Labute approximate surface area is 122 Å². The van der Waals surface area contributed by atoms with Crippen molar-refractivity contribution in [3.63, 3.8) is 0 Å². The van der Waals surface area contributed by atoms with Crippen molar-refractivity contribution in [2.45, 2.75) is 13.5 Å². The van der Waals surface area contributed by atoms with Crippen LogP contribution in [0.25, 0.3) is 11.0 Å². The summed E-state index contributed by atoms with van der Waals surface area (Å²) in [7, 11) is 0.